The number of nitrogens with two attached hydrogens (primary N) is 1. The summed E-state index contributed by atoms with van der Waals surface area (Å²) in [6, 6.07) is 6.58. The Hall–Kier alpha value is -0.770. The number of phenolic OH excluding ortho intramolecular Hbond substituents is 1. The summed E-state index contributed by atoms with van der Waals surface area (Å²) in [5.41, 5.74) is 6.55. The number of benzene rings is 1. The Balaban J connectivity index is 0.00000144. The molecule has 13 heavy (non-hydrogen) atoms. The summed E-state index contributed by atoms with van der Waals surface area (Å²) in [6.07, 6.45) is 0.517. The first-order valence-corrected chi connectivity index (χ1v) is 3.89. The van der Waals surface area contributed by atoms with Crippen molar-refractivity contribution in [3.05, 3.63) is 29.8 Å². The van der Waals surface area contributed by atoms with Crippen molar-refractivity contribution in [2.75, 3.05) is 6.61 Å². The molecule has 0 fully saturated rings. The molecule has 74 valence electrons. The van der Waals surface area contributed by atoms with Crippen LogP contribution in [0.3, 0.4) is 0 Å². The lowest BCUT2D eigenvalue weighted by Gasteiger charge is -2.09. The van der Waals surface area contributed by atoms with Gasteiger partial charge in [-0.25, -0.2) is 0 Å². The normalized spacial score (nSPS) is 11.8. The SMILES string of the molecule is Cl.NC(CCO)c1cccc(O)c1. The van der Waals surface area contributed by atoms with Crippen molar-refractivity contribution >= 4 is 12.4 Å². The lowest BCUT2D eigenvalue weighted by atomic mass is 10.1. The minimum atomic E-state index is -0.193. The van der Waals surface area contributed by atoms with Crippen molar-refractivity contribution in [2.45, 2.75) is 12.5 Å². The van der Waals surface area contributed by atoms with E-state index in [0.29, 0.717) is 6.42 Å². The average Bonchev–Trinajstić information content (AvgIpc) is 2.05. The van der Waals surface area contributed by atoms with Crippen LogP contribution in [-0.2, 0) is 0 Å². The summed E-state index contributed by atoms with van der Waals surface area (Å²) in [7, 11) is 0. The third-order valence-electron chi connectivity index (χ3n) is 1.74. The Morgan fingerprint density at radius 3 is 2.62 bits per heavy atom. The molecule has 0 spiro atoms. The molecule has 4 heteroatoms. The number of hydrogen-bond donors (Lipinski definition) is 3. The van der Waals surface area contributed by atoms with Crippen molar-refractivity contribution in [2.24, 2.45) is 5.73 Å². The van der Waals surface area contributed by atoms with Gasteiger partial charge in [0.1, 0.15) is 5.75 Å². The van der Waals surface area contributed by atoms with Gasteiger partial charge in [-0.05, 0) is 24.1 Å². The lowest BCUT2D eigenvalue weighted by Crippen LogP contribution is -2.11. The van der Waals surface area contributed by atoms with Gasteiger partial charge in [0.05, 0.1) is 0 Å². The maximum absolute atomic E-state index is 9.11. The molecule has 1 rings (SSSR count). The summed E-state index contributed by atoms with van der Waals surface area (Å²) in [5, 5.41) is 17.7. The van der Waals surface area contributed by atoms with E-state index in [1.165, 1.54) is 0 Å². The minimum absolute atomic E-state index is 0. The van der Waals surface area contributed by atoms with E-state index in [2.05, 4.69) is 0 Å². The largest absolute Gasteiger partial charge is 0.508 e. The first-order valence-electron chi connectivity index (χ1n) is 3.89. The van der Waals surface area contributed by atoms with E-state index in [-0.39, 0.29) is 30.8 Å². The molecule has 0 saturated carbocycles. The third-order valence-corrected chi connectivity index (χ3v) is 1.74. The van der Waals surface area contributed by atoms with Crippen LogP contribution >= 0.6 is 12.4 Å². The average molecular weight is 204 g/mol. The van der Waals surface area contributed by atoms with Gasteiger partial charge in [-0.3, -0.25) is 0 Å². The van der Waals surface area contributed by atoms with Crippen LogP contribution in [0.2, 0.25) is 0 Å². The number of aliphatic hydroxyl groups is 1. The highest BCUT2D eigenvalue weighted by atomic mass is 35.5. The van der Waals surface area contributed by atoms with Crippen LogP contribution in [0, 0.1) is 0 Å². The molecule has 0 aromatic heterocycles. The fraction of sp³-hybridized carbons (Fsp3) is 0.333. The van der Waals surface area contributed by atoms with Crippen molar-refractivity contribution in [3.8, 4) is 5.75 Å². The zero-order valence-corrected chi connectivity index (χ0v) is 8.00. The maximum Gasteiger partial charge on any atom is 0.115 e. The molecule has 1 atom stereocenters. The van der Waals surface area contributed by atoms with Gasteiger partial charge in [0.25, 0.3) is 0 Å². The quantitative estimate of drug-likeness (QED) is 0.692. The predicted molar refractivity (Wildman–Crippen MR) is 54.0 cm³/mol. The number of aromatic hydroxyl groups is 1. The minimum Gasteiger partial charge on any atom is -0.508 e. The standard InChI is InChI=1S/C9H13NO2.ClH/c10-9(4-5-11)7-2-1-3-8(12)6-7;/h1-3,6,9,11-12H,4-5,10H2;1H. The molecule has 1 unspecified atom stereocenters. The van der Waals surface area contributed by atoms with Gasteiger partial charge in [0.2, 0.25) is 0 Å². The fourth-order valence-electron chi connectivity index (χ4n) is 1.06. The molecule has 0 radical (unpaired) electrons. The highest BCUT2D eigenvalue weighted by Crippen LogP contribution is 2.18. The first kappa shape index (κ1) is 12.2. The Morgan fingerprint density at radius 1 is 1.38 bits per heavy atom. The molecule has 0 bridgehead atoms. The second kappa shape index (κ2) is 5.80. The lowest BCUT2D eigenvalue weighted by molar-refractivity contribution is 0.276. The molecule has 0 saturated heterocycles. The summed E-state index contributed by atoms with van der Waals surface area (Å²) in [6.45, 7) is 0.0663. The summed E-state index contributed by atoms with van der Waals surface area (Å²) in [4.78, 5) is 0. The van der Waals surface area contributed by atoms with Crippen LogP contribution in [0.4, 0.5) is 0 Å². The fourth-order valence-corrected chi connectivity index (χ4v) is 1.06. The van der Waals surface area contributed by atoms with Gasteiger partial charge in [0.15, 0.2) is 0 Å². The molecule has 0 aliphatic rings. The van der Waals surface area contributed by atoms with Gasteiger partial charge in [-0.1, -0.05) is 12.1 Å². The smallest absolute Gasteiger partial charge is 0.115 e. The van der Waals surface area contributed by atoms with Gasteiger partial charge >= 0.3 is 0 Å². The van der Waals surface area contributed by atoms with Gasteiger partial charge in [-0.2, -0.15) is 0 Å². The topological polar surface area (TPSA) is 66.5 Å². The first-order chi connectivity index (χ1) is 5.74. The molecule has 1 aromatic carbocycles. The molecule has 4 N–H and O–H groups in total. The maximum atomic E-state index is 9.11. The molecule has 0 aliphatic heterocycles. The molecule has 1 aromatic rings. The van der Waals surface area contributed by atoms with Crippen LogP contribution in [0.25, 0.3) is 0 Å². The van der Waals surface area contributed by atoms with Crippen molar-refractivity contribution in [1.29, 1.82) is 0 Å². The van der Waals surface area contributed by atoms with Crippen LogP contribution < -0.4 is 5.73 Å². The third kappa shape index (κ3) is 3.63. The second-order valence-electron chi connectivity index (χ2n) is 2.71. The van der Waals surface area contributed by atoms with E-state index in [1.54, 1.807) is 18.2 Å². The van der Waals surface area contributed by atoms with Crippen molar-refractivity contribution in [1.82, 2.24) is 0 Å². The monoisotopic (exact) mass is 203 g/mol. The van der Waals surface area contributed by atoms with Crippen LogP contribution in [0.5, 0.6) is 5.75 Å². The highest BCUT2D eigenvalue weighted by molar-refractivity contribution is 5.85. The van der Waals surface area contributed by atoms with Gasteiger partial charge in [-0.15, -0.1) is 12.4 Å². The van der Waals surface area contributed by atoms with E-state index in [0.717, 1.165) is 5.56 Å². The van der Waals surface area contributed by atoms with Gasteiger partial charge < -0.3 is 15.9 Å². The second-order valence-corrected chi connectivity index (χ2v) is 2.71. The Morgan fingerprint density at radius 2 is 2.08 bits per heavy atom. The number of rotatable bonds is 3. The Kier molecular flexibility index (Phi) is 5.46. The van der Waals surface area contributed by atoms with E-state index in [1.807, 2.05) is 6.07 Å². The summed E-state index contributed by atoms with van der Waals surface area (Å²) in [5.74, 6) is 0.209. The molecule has 0 amide bonds. The highest BCUT2D eigenvalue weighted by Gasteiger charge is 2.04. The number of phenols is 1. The molecule has 3 nitrogen and oxygen atoms in total. The molecular weight excluding hydrogens is 190 g/mol. The van der Waals surface area contributed by atoms with Crippen LogP contribution in [0.15, 0.2) is 24.3 Å². The van der Waals surface area contributed by atoms with Crippen molar-refractivity contribution < 1.29 is 10.2 Å². The van der Waals surface area contributed by atoms with Gasteiger partial charge in [0, 0.05) is 12.6 Å². The Bertz CT molecular complexity index is 255. The summed E-state index contributed by atoms with van der Waals surface area (Å²) < 4.78 is 0. The molecular formula is C9H14ClNO2. The predicted octanol–water partition coefficient (Wildman–Crippen LogP) is 1.20. The number of halogens is 1. The van der Waals surface area contributed by atoms with E-state index in [4.69, 9.17) is 15.9 Å². The number of aliphatic hydroxyl groups excluding tert-OH is 1. The van der Waals surface area contributed by atoms with E-state index >= 15 is 0 Å². The molecule has 0 aliphatic carbocycles. The van der Waals surface area contributed by atoms with E-state index < -0.39 is 0 Å². The Labute approximate surface area is 83.6 Å². The zero-order chi connectivity index (χ0) is 8.97. The zero-order valence-electron chi connectivity index (χ0n) is 7.18. The van der Waals surface area contributed by atoms with E-state index in [9.17, 15) is 0 Å². The van der Waals surface area contributed by atoms with Crippen LogP contribution in [-0.4, -0.2) is 16.8 Å². The summed E-state index contributed by atoms with van der Waals surface area (Å²) >= 11 is 0. The van der Waals surface area contributed by atoms with Crippen LogP contribution in [0.1, 0.15) is 18.0 Å². The molecule has 0 heterocycles. The number of hydrogen-bond acceptors (Lipinski definition) is 3. The van der Waals surface area contributed by atoms with Crippen molar-refractivity contribution in [3.63, 3.8) is 0 Å².